The molecule has 0 amide bonds. The van der Waals surface area contributed by atoms with Crippen LogP contribution < -0.4 is 14.8 Å². The largest absolute Gasteiger partial charge is 0.493 e. The third-order valence-electron chi connectivity index (χ3n) is 3.75. The molecule has 0 fully saturated rings. The summed E-state index contributed by atoms with van der Waals surface area (Å²) in [5, 5.41) is 4.09. The normalized spacial score (nSPS) is 20.7. The van der Waals surface area contributed by atoms with Crippen molar-refractivity contribution in [2.45, 2.75) is 31.7 Å². The highest BCUT2D eigenvalue weighted by Crippen LogP contribution is 2.53. The molecule has 0 saturated carbocycles. The summed E-state index contributed by atoms with van der Waals surface area (Å²) in [7, 11) is 5.27. The van der Waals surface area contributed by atoms with E-state index in [9.17, 15) is 0 Å². The number of rotatable bonds is 3. The maximum Gasteiger partial charge on any atom is 0.165 e. The third kappa shape index (κ3) is 1.86. The lowest BCUT2D eigenvalue weighted by Gasteiger charge is -2.21. The van der Waals surface area contributed by atoms with Gasteiger partial charge in [-0.3, -0.25) is 0 Å². The van der Waals surface area contributed by atoms with Crippen LogP contribution in [0.5, 0.6) is 11.5 Å². The van der Waals surface area contributed by atoms with E-state index in [-0.39, 0.29) is 11.5 Å². The molecule has 1 aromatic rings. The second-order valence-electron chi connectivity index (χ2n) is 5.31. The summed E-state index contributed by atoms with van der Waals surface area (Å²) in [6.45, 7) is 4.42. The molecule has 0 saturated heterocycles. The molecule has 1 aliphatic rings. The van der Waals surface area contributed by atoms with Gasteiger partial charge in [-0.15, -0.1) is 0 Å². The van der Waals surface area contributed by atoms with Crippen LogP contribution in [0.25, 0.3) is 0 Å². The molecule has 1 aliphatic carbocycles. The molecule has 3 nitrogen and oxygen atoms in total. The molecule has 1 aromatic carbocycles. The molecule has 0 bridgehead atoms. The first kappa shape index (κ1) is 13.5. The molecule has 2 rings (SSSR count). The van der Waals surface area contributed by atoms with Gasteiger partial charge in [0, 0.05) is 22.7 Å². The quantitative estimate of drug-likeness (QED) is 0.913. The molecule has 0 aromatic heterocycles. The third-order valence-corrected chi connectivity index (χ3v) is 4.04. The summed E-state index contributed by atoms with van der Waals surface area (Å²) in [5.74, 6) is 1.49. The highest BCUT2D eigenvalue weighted by Gasteiger charge is 2.41. The second-order valence-corrected chi connectivity index (χ2v) is 5.72. The van der Waals surface area contributed by atoms with Gasteiger partial charge < -0.3 is 14.8 Å². The lowest BCUT2D eigenvalue weighted by atomic mass is 9.86. The highest BCUT2D eigenvalue weighted by atomic mass is 35.5. The minimum atomic E-state index is 0.0413. The predicted octanol–water partition coefficient (Wildman–Crippen LogP) is 3.30. The number of hydrogen-bond acceptors (Lipinski definition) is 3. The number of fused-ring (bicyclic) bond motifs is 1. The fraction of sp³-hybridized carbons (Fsp3) is 0.571. The first-order valence-electron chi connectivity index (χ1n) is 6.08. The van der Waals surface area contributed by atoms with E-state index in [1.54, 1.807) is 14.2 Å². The topological polar surface area (TPSA) is 30.5 Å². The number of nitrogens with one attached hydrogen (secondary N) is 1. The Balaban J connectivity index is 2.74. The van der Waals surface area contributed by atoms with E-state index in [2.05, 4.69) is 19.2 Å². The summed E-state index contributed by atoms with van der Waals surface area (Å²) in [6, 6.07) is 2.09. The Labute approximate surface area is 113 Å². The number of methoxy groups -OCH3 is 2. The van der Waals surface area contributed by atoms with Gasteiger partial charge in [0.05, 0.1) is 14.2 Å². The van der Waals surface area contributed by atoms with E-state index in [4.69, 9.17) is 21.1 Å². The molecule has 1 atom stereocenters. The molecular weight excluding hydrogens is 250 g/mol. The second kappa shape index (κ2) is 4.63. The van der Waals surface area contributed by atoms with Gasteiger partial charge in [0.25, 0.3) is 0 Å². The van der Waals surface area contributed by atoms with Crippen LogP contribution >= 0.6 is 11.6 Å². The van der Waals surface area contributed by atoms with Gasteiger partial charge in [0.2, 0.25) is 0 Å². The van der Waals surface area contributed by atoms with Crippen molar-refractivity contribution in [2.24, 2.45) is 0 Å². The van der Waals surface area contributed by atoms with Gasteiger partial charge in [-0.1, -0.05) is 25.4 Å². The van der Waals surface area contributed by atoms with E-state index in [1.807, 2.05) is 13.1 Å². The van der Waals surface area contributed by atoms with Crippen LogP contribution in [0.15, 0.2) is 6.07 Å². The average molecular weight is 270 g/mol. The average Bonchev–Trinajstić information content (AvgIpc) is 2.61. The molecule has 100 valence electrons. The minimum Gasteiger partial charge on any atom is -0.493 e. The van der Waals surface area contributed by atoms with E-state index in [1.165, 1.54) is 5.56 Å². The Morgan fingerprint density at radius 1 is 1.33 bits per heavy atom. The maximum atomic E-state index is 6.43. The summed E-state index contributed by atoms with van der Waals surface area (Å²) < 4.78 is 10.9. The molecular formula is C14H20ClNO2. The zero-order valence-corrected chi connectivity index (χ0v) is 12.3. The SMILES string of the molecule is CNC1CC(C)(C)c2c(Cl)cc(OC)c(OC)c21. The van der Waals surface area contributed by atoms with Gasteiger partial charge >= 0.3 is 0 Å². The van der Waals surface area contributed by atoms with Crippen molar-refractivity contribution in [2.75, 3.05) is 21.3 Å². The smallest absolute Gasteiger partial charge is 0.165 e. The summed E-state index contributed by atoms with van der Waals surface area (Å²) >= 11 is 6.43. The van der Waals surface area contributed by atoms with Crippen LogP contribution in [0.3, 0.4) is 0 Å². The van der Waals surface area contributed by atoms with Crippen molar-refractivity contribution in [1.29, 1.82) is 0 Å². The molecule has 0 spiro atoms. The Morgan fingerprint density at radius 2 is 2.00 bits per heavy atom. The maximum absolute atomic E-state index is 6.43. The number of halogens is 1. The zero-order chi connectivity index (χ0) is 13.5. The zero-order valence-electron chi connectivity index (χ0n) is 11.6. The Kier molecular flexibility index (Phi) is 3.47. The number of ether oxygens (including phenoxy) is 2. The van der Waals surface area contributed by atoms with E-state index < -0.39 is 0 Å². The molecule has 1 N–H and O–H groups in total. The first-order chi connectivity index (χ1) is 8.46. The monoisotopic (exact) mass is 269 g/mol. The Bertz CT molecular complexity index is 471. The number of benzene rings is 1. The molecule has 1 unspecified atom stereocenters. The van der Waals surface area contributed by atoms with Crippen LogP contribution in [0.2, 0.25) is 5.02 Å². The van der Waals surface area contributed by atoms with Crippen LogP contribution in [0.1, 0.15) is 37.4 Å². The fourth-order valence-electron chi connectivity index (χ4n) is 2.97. The number of hydrogen-bond donors (Lipinski definition) is 1. The van der Waals surface area contributed by atoms with Crippen molar-refractivity contribution in [1.82, 2.24) is 5.32 Å². The Morgan fingerprint density at radius 3 is 2.50 bits per heavy atom. The predicted molar refractivity (Wildman–Crippen MR) is 74.0 cm³/mol. The molecule has 4 heteroatoms. The van der Waals surface area contributed by atoms with E-state index in [0.717, 1.165) is 22.8 Å². The minimum absolute atomic E-state index is 0.0413. The fourth-order valence-corrected chi connectivity index (χ4v) is 3.43. The lowest BCUT2D eigenvalue weighted by Crippen LogP contribution is -2.17. The van der Waals surface area contributed by atoms with Gasteiger partial charge in [-0.25, -0.2) is 0 Å². The Hall–Kier alpha value is -0.930. The van der Waals surface area contributed by atoms with Gasteiger partial charge in [0.1, 0.15) is 0 Å². The van der Waals surface area contributed by atoms with Crippen molar-refractivity contribution in [3.63, 3.8) is 0 Å². The van der Waals surface area contributed by atoms with Gasteiger partial charge in [-0.2, -0.15) is 0 Å². The van der Waals surface area contributed by atoms with Gasteiger partial charge in [0.15, 0.2) is 11.5 Å². The molecule has 0 radical (unpaired) electrons. The van der Waals surface area contributed by atoms with E-state index >= 15 is 0 Å². The van der Waals surface area contributed by atoms with Crippen molar-refractivity contribution >= 4 is 11.6 Å². The summed E-state index contributed by atoms with van der Waals surface area (Å²) in [5.41, 5.74) is 2.34. The summed E-state index contributed by atoms with van der Waals surface area (Å²) in [6.07, 6.45) is 1.00. The summed E-state index contributed by atoms with van der Waals surface area (Å²) in [4.78, 5) is 0. The molecule has 0 heterocycles. The van der Waals surface area contributed by atoms with Crippen molar-refractivity contribution in [3.05, 3.63) is 22.2 Å². The van der Waals surface area contributed by atoms with Crippen molar-refractivity contribution < 1.29 is 9.47 Å². The molecule has 18 heavy (non-hydrogen) atoms. The van der Waals surface area contributed by atoms with Crippen molar-refractivity contribution in [3.8, 4) is 11.5 Å². The van der Waals surface area contributed by atoms with E-state index in [0.29, 0.717) is 5.75 Å². The van der Waals surface area contributed by atoms with Crippen LogP contribution in [-0.2, 0) is 5.41 Å². The lowest BCUT2D eigenvalue weighted by molar-refractivity contribution is 0.348. The van der Waals surface area contributed by atoms with Crippen LogP contribution in [0, 0.1) is 0 Å². The highest BCUT2D eigenvalue weighted by molar-refractivity contribution is 6.32. The standard InChI is InChI=1S/C14H20ClNO2/c1-14(2)7-9(16-3)11-12(14)8(15)6-10(17-4)13(11)18-5/h6,9,16H,7H2,1-5H3. The molecule has 0 aliphatic heterocycles. The van der Waals surface area contributed by atoms with Crippen LogP contribution in [-0.4, -0.2) is 21.3 Å². The van der Waals surface area contributed by atoms with Crippen LogP contribution in [0.4, 0.5) is 0 Å². The first-order valence-corrected chi connectivity index (χ1v) is 6.46. The van der Waals surface area contributed by atoms with Gasteiger partial charge in [-0.05, 0) is 24.4 Å².